The Morgan fingerprint density at radius 3 is 2.58 bits per heavy atom. The molecule has 0 radical (unpaired) electrons. The number of H-pyrrole nitrogens is 1. The molecular weight excluding hydrogens is 368 g/mol. The predicted octanol–water partition coefficient (Wildman–Crippen LogP) is 4.61. The van der Waals surface area contributed by atoms with Crippen molar-refractivity contribution in [2.45, 2.75) is 18.2 Å². The summed E-state index contributed by atoms with van der Waals surface area (Å²) in [7, 11) is -3.46. The maximum Gasteiger partial charge on any atom is 0.243 e. The Labute approximate surface area is 158 Å². The molecule has 26 heavy (non-hydrogen) atoms. The van der Waals surface area contributed by atoms with Gasteiger partial charge in [0, 0.05) is 30.2 Å². The van der Waals surface area contributed by atoms with Crippen molar-refractivity contribution in [3.8, 4) is 0 Å². The van der Waals surface area contributed by atoms with E-state index in [0.29, 0.717) is 29.4 Å². The van der Waals surface area contributed by atoms with Gasteiger partial charge in [-0.05, 0) is 37.1 Å². The van der Waals surface area contributed by atoms with Crippen LogP contribution in [0.2, 0.25) is 5.02 Å². The molecule has 1 aromatic heterocycles. The molecule has 0 aliphatic carbocycles. The fraction of sp³-hybridized carbons (Fsp3) is 0.200. The van der Waals surface area contributed by atoms with E-state index in [1.165, 1.54) is 4.31 Å². The SMILES string of the molecule is Cc1ccc(S(=O)(=O)N2CC=C(c3c[nH]c4c(Cl)cccc34)CC2)cc1. The number of sulfonamides is 1. The van der Waals surface area contributed by atoms with Gasteiger partial charge in [-0.3, -0.25) is 0 Å². The van der Waals surface area contributed by atoms with Crippen LogP contribution in [-0.2, 0) is 10.0 Å². The molecule has 4 rings (SSSR count). The smallest absolute Gasteiger partial charge is 0.243 e. The Morgan fingerprint density at radius 1 is 1.12 bits per heavy atom. The minimum atomic E-state index is -3.46. The van der Waals surface area contributed by atoms with Gasteiger partial charge in [-0.1, -0.05) is 47.5 Å². The molecule has 3 aromatic rings. The van der Waals surface area contributed by atoms with Crippen molar-refractivity contribution in [2.24, 2.45) is 0 Å². The van der Waals surface area contributed by atoms with Crippen LogP contribution >= 0.6 is 11.6 Å². The number of nitrogens with one attached hydrogen (secondary N) is 1. The average molecular weight is 387 g/mol. The van der Waals surface area contributed by atoms with Crippen molar-refractivity contribution in [3.05, 3.63) is 70.9 Å². The van der Waals surface area contributed by atoms with Gasteiger partial charge in [0.15, 0.2) is 0 Å². The highest BCUT2D eigenvalue weighted by Crippen LogP contribution is 2.33. The Balaban J connectivity index is 1.62. The molecule has 6 heteroatoms. The summed E-state index contributed by atoms with van der Waals surface area (Å²) in [5.74, 6) is 0. The number of aromatic nitrogens is 1. The summed E-state index contributed by atoms with van der Waals surface area (Å²) in [4.78, 5) is 3.57. The molecule has 1 N–H and O–H groups in total. The number of hydrogen-bond donors (Lipinski definition) is 1. The van der Waals surface area contributed by atoms with E-state index in [0.717, 1.165) is 27.6 Å². The van der Waals surface area contributed by atoms with Gasteiger partial charge in [0.1, 0.15) is 0 Å². The number of aromatic amines is 1. The maximum absolute atomic E-state index is 12.8. The van der Waals surface area contributed by atoms with Crippen LogP contribution in [0.1, 0.15) is 17.5 Å². The Hall–Kier alpha value is -2.08. The van der Waals surface area contributed by atoms with E-state index in [-0.39, 0.29) is 0 Å². The van der Waals surface area contributed by atoms with E-state index in [1.807, 2.05) is 49.5 Å². The first kappa shape index (κ1) is 17.3. The van der Waals surface area contributed by atoms with Crippen molar-refractivity contribution in [2.75, 3.05) is 13.1 Å². The molecule has 2 heterocycles. The van der Waals surface area contributed by atoms with Crippen LogP contribution in [0.5, 0.6) is 0 Å². The molecule has 1 aliphatic heterocycles. The van der Waals surface area contributed by atoms with E-state index in [9.17, 15) is 8.42 Å². The summed E-state index contributed by atoms with van der Waals surface area (Å²) >= 11 is 6.23. The molecule has 0 atom stereocenters. The molecule has 0 unspecified atom stereocenters. The molecule has 0 spiro atoms. The summed E-state index contributed by atoms with van der Waals surface area (Å²) in [5, 5.41) is 1.76. The van der Waals surface area contributed by atoms with Crippen molar-refractivity contribution < 1.29 is 8.42 Å². The summed E-state index contributed by atoms with van der Waals surface area (Å²) in [6.45, 7) is 2.79. The summed E-state index contributed by atoms with van der Waals surface area (Å²) in [6, 6.07) is 12.8. The van der Waals surface area contributed by atoms with Crippen LogP contribution in [0, 0.1) is 6.92 Å². The highest BCUT2D eigenvalue weighted by Gasteiger charge is 2.26. The third-order valence-electron chi connectivity index (χ3n) is 4.84. The maximum atomic E-state index is 12.8. The number of fused-ring (bicyclic) bond motifs is 1. The van der Waals surface area contributed by atoms with Crippen LogP contribution < -0.4 is 0 Å². The largest absolute Gasteiger partial charge is 0.359 e. The van der Waals surface area contributed by atoms with Crippen LogP contribution in [0.25, 0.3) is 16.5 Å². The van der Waals surface area contributed by atoms with Gasteiger partial charge >= 0.3 is 0 Å². The van der Waals surface area contributed by atoms with Gasteiger partial charge in [-0.25, -0.2) is 8.42 Å². The number of halogens is 1. The average Bonchev–Trinajstić information content (AvgIpc) is 3.08. The molecule has 0 bridgehead atoms. The zero-order valence-corrected chi connectivity index (χ0v) is 15.9. The van der Waals surface area contributed by atoms with E-state index < -0.39 is 10.0 Å². The minimum absolute atomic E-state index is 0.346. The lowest BCUT2D eigenvalue weighted by atomic mass is 10.00. The molecule has 4 nitrogen and oxygen atoms in total. The normalized spacial score (nSPS) is 16.0. The summed E-state index contributed by atoms with van der Waals surface area (Å²) in [5.41, 5.74) is 4.20. The fourth-order valence-electron chi connectivity index (χ4n) is 3.36. The van der Waals surface area contributed by atoms with E-state index in [4.69, 9.17) is 11.6 Å². The molecular formula is C20H19ClN2O2S. The highest BCUT2D eigenvalue weighted by molar-refractivity contribution is 7.89. The molecule has 2 aromatic carbocycles. The fourth-order valence-corrected chi connectivity index (χ4v) is 4.97. The predicted molar refractivity (Wildman–Crippen MR) is 106 cm³/mol. The molecule has 1 aliphatic rings. The van der Waals surface area contributed by atoms with Crippen molar-refractivity contribution in [3.63, 3.8) is 0 Å². The van der Waals surface area contributed by atoms with Crippen molar-refractivity contribution in [1.82, 2.24) is 9.29 Å². The van der Waals surface area contributed by atoms with Crippen molar-refractivity contribution in [1.29, 1.82) is 0 Å². The van der Waals surface area contributed by atoms with E-state index in [1.54, 1.807) is 12.1 Å². The van der Waals surface area contributed by atoms with Crippen LogP contribution in [0.15, 0.2) is 59.6 Å². The molecule has 0 fully saturated rings. The third-order valence-corrected chi connectivity index (χ3v) is 7.04. The lowest BCUT2D eigenvalue weighted by molar-refractivity contribution is 0.441. The van der Waals surface area contributed by atoms with Gasteiger partial charge in [-0.15, -0.1) is 0 Å². The van der Waals surface area contributed by atoms with Crippen molar-refractivity contribution >= 4 is 38.1 Å². The van der Waals surface area contributed by atoms with Gasteiger partial charge in [0.2, 0.25) is 10.0 Å². The Morgan fingerprint density at radius 2 is 1.88 bits per heavy atom. The molecule has 0 saturated carbocycles. The second kappa shape index (κ2) is 6.58. The minimum Gasteiger partial charge on any atom is -0.359 e. The van der Waals surface area contributed by atoms with Crippen LogP contribution in [0.3, 0.4) is 0 Å². The first-order valence-corrected chi connectivity index (χ1v) is 10.3. The monoisotopic (exact) mass is 386 g/mol. The number of benzene rings is 2. The third kappa shape index (κ3) is 2.96. The van der Waals surface area contributed by atoms with Gasteiger partial charge in [0.25, 0.3) is 0 Å². The Kier molecular flexibility index (Phi) is 4.39. The lowest BCUT2D eigenvalue weighted by Crippen LogP contribution is -2.34. The number of nitrogens with zero attached hydrogens (tertiary/aromatic N) is 1. The quantitative estimate of drug-likeness (QED) is 0.714. The Bertz CT molecular complexity index is 1100. The molecule has 0 saturated heterocycles. The lowest BCUT2D eigenvalue weighted by Gasteiger charge is -2.26. The topological polar surface area (TPSA) is 53.2 Å². The van der Waals surface area contributed by atoms with Crippen LogP contribution in [0.4, 0.5) is 0 Å². The summed E-state index contributed by atoms with van der Waals surface area (Å²) < 4.78 is 27.2. The second-order valence-corrected chi connectivity index (χ2v) is 8.87. The first-order chi connectivity index (χ1) is 12.5. The van der Waals surface area contributed by atoms with Gasteiger partial charge < -0.3 is 4.98 Å². The highest BCUT2D eigenvalue weighted by atomic mass is 35.5. The zero-order chi connectivity index (χ0) is 18.3. The number of hydrogen-bond acceptors (Lipinski definition) is 2. The summed E-state index contributed by atoms with van der Waals surface area (Å²) in [6.07, 6.45) is 4.62. The number of rotatable bonds is 3. The molecule has 0 amide bonds. The zero-order valence-electron chi connectivity index (χ0n) is 14.4. The van der Waals surface area contributed by atoms with Gasteiger partial charge in [-0.2, -0.15) is 4.31 Å². The number of para-hydroxylation sites is 1. The number of aryl methyl sites for hydroxylation is 1. The first-order valence-electron chi connectivity index (χ1n) is 8.48. The van der Waals surface area contributed by atoms with E-state index >= 15 is 0 Å². The molecule has 134 valence electrons. The van der Waals surface area contributed by atoms with Gasteiger partial charge in [0.05, 0.1) is 15.4 Å². The van der Waals surface area contributed by atoms with Crippen LogP contribution in [-0.4, -0.2) is 30.8 Å². The standard InChI is InChI=1S/C20H19ClN2O2S/c1-14-5-7-16(8-6-14)26(24,25)23-11-9-15(10-12-23)18-13-22-20-17(18)3-2-4-19(20)21/h2-9,13,22H,10-12H2,1H3. The van der Waals surface area contributed by atoms with E-state index in [2.05, 4.69) is 4.98 Å². The second-order valence-electron chi connectivity index (χ2n) is 6.52.